The van der Waals surface area contributed by atoms with E-state index in [0.29, 0.717) is 40.3 Å². The molecule has 0 fully saturated rings. The summed E-state index contributed by atoms with van der Waals surface area (Å²) in [5, 5.41) is 7.35. The van der Waals surface area contributed by atoms with Gasteiger partial charge >= 0.3 is 5.97 Å². The zero-order valence-electron chi connectivity index (χ0n) is 17.6. The summed E-state index contributed by atoms with van der Waals surface area (Å²) in [6.07, 6.45) is 0. The number of esters is 1. The van der Waals surface area contributed by atoms with Crippen LogP contribution in [0.1, 0.15) is 22.8 Å². The molecule has 3 rings (SSSR count). The monoisotopic (exact) mass is 456 g/mol. The van der Waals surface area contributed by atoms with Gasteiger partial charge in [0.15, 0.2) is 16.6 Å². The highest BCUT2D eigenvalue weighted by atomic mass is 32.1. The van der Waals surface area contributed by atoms with E-state index in [1.807, 2.05) is 54.6 Å². The van der Waals surface area contributed by atoms with Crippen LogP contribution >= 0.6 is 23.6 Å². The summed E-state index contributed by atoms with van der Waals surface area (Å²) in [5.41, 5.74) is 2.46. The quantitative estimate of drug-likeness (QED) is 0.361. The normalized spacial score (nSPS) is 10.3. The molecule has 0 bridgehead atoms. The minimum atomic E-state index is -0.383. The Morgan fingerprint density at radius 3 is 2.45 bits per heavy atom. The van der Waals surface area contributed by atoms with E-state index in [0.717, 1.165) is 16.0 Å². The van der Waals surface area contributed by atoms with Crippen molar-refractivity contribution >= 4 is 39.6 Å². The lowest BCUT2D eigenvalue weighted by molar-refractivity contribution is 0.0528. The fourth-order valence-electron chi connectivity index (χ4n) is 2.91. The van der Waals surface area contributed by atoms with E-state index < -0.39 is 0 Å². The number of rotatable bonds is 8. The zero-order chi connectivity index (χ0) is 22.2. The van der Waals surface area contributed by atoms with Crippen LogP contribution in [0.15, 0.2) is 54.6 Å². The number of ether oxygens (including phenoxy) is 3. The van der Waals surface area contributed by atoms with Gasteiger partial charge in [0.25, 0.3) is 0 Å². The molecule has 162 valence electrons. The van der Waals surface area contributed by atoms with Crippen LogP contribution in [0, 0.1) is 0 Å². The summed E-state index contributed by atoms with van der Waals surface area (Å²) in [5.74, 6) is 0.931. The van der Waals surface area contributed by atoms with Crippen LogP contribution in [-0.2, 0) is 11.3 Å². The number of carbonyl (C=O) groups is 1. The van der Waals surface area contributed by atoms with Gasteiger partial charge in [0.2, 0.25) is 0 Å². The molecule has 6 nitrogen and oxygen atoms in total. The fourth-order valence-corrected chi connectivity index (χ4v) is 4.20. The summed E-state index contributed by atoms with van der Waals surface area (Å²) in [6, 6.07) is 17.4. The second kappa shape index (κ2) is 10.8. The number of thiophene rings is 1. The van der Waals surface area contributed by atoms with E-state index in [9.17, 15) is 4.79 Å². The molecule has 2 N–H and O–H groups in total. The largest absolute Gasteiger partial charge is 0.493 e. The third-order valence-electron chi connectivity index (χ3n) is 4.41. The van der Waals surface area contributed by atoms with Gasteiger partial charge in [-0.3, -0.25) is 0 Å². The molecule has 8 heteroatoms. The first-order valence-electron chi connectivity index (χ1n) is 9.67. The maximum Gasteiger partial charge on any atom is 0.341 e. The number of carbonyl (C=O) groups excluding carboxylic acids is 1. The molecule has 31 heavy (non-hydrogen) atoms. The van der Waals surface area contributed by atoms with Crippen molar-refractivity contribution in [3.8, 4) is 21.9 Å². The van der Waals surface area contributed by atoms with Crippen LogP contribution in [-0.4, -0.2) is 31.9 Å². The van der Waals surface area contributed by atoms with Crippen LogP contribution in [0.25, 0.3) is 10.4 Å². The molecule has 0 amide bonds. The van der Waals surface area contributed by atoms with Crippen LogP contribution < -0.4 is 20.1 Å². The van der Waals surface area contributed by atoms with E-state index in [1.54, 1.807) is 21.1 Å². The minimum Gasteiger partial charge on any atom is -0.493 e. The Bertz CT molecular complexity index is 1050. The van der Waals surface area contributed by atoms with Crippen LogP contribution in [0.4, 0.5) is 5.00 Å². The number of benzene rings is 2. The predicted octanol–water partition coefficient (Wildman–Crippen LogP) is 5.10. The molecule has 0 unspecified atom stereocenters. The molecular formula is C23H24N2O4S2. The van der Waals surface area contributed by atoms with Crippen molar-refractivity contribution in [1.29, 1.82) is 0 Å². The maximum absolute atomic E-state index is 12.5. The van der Waals surface area contributed by atoms with Crippen molar-refractivity contribution in [2.45, 2.75) is 13.5 Å². The van der Waals surface area contributed by atoms with Crippen LogP contribution in [0.3, 0.4) is 0 Å². The first-order valence-corrected chi connectivity index (χ1v) is 10.9. The molecule has 2 aromatic carbocycles. The highest BCUT2D eigenvalue weighted by Crippen LogP contribution is 2.36. The Hall–Kier alpha value is -3.10. The molecular weight excluding hydrogens is 432 g/mol. The highest BCUT2D eigenvalue weighted by molar-refractivity contribution is 7.80. The Kier molecular flexibility index (Phi) is 7.86. The van der Waals surface area contributed by atoms with Gasteiger partial charge in [0, 0.05) is 11.4 Å². The highest BCUT2D eigenvalue weighted by Gasteiger charge is 2.19. The summed E-state index contributed by atoms with van der Waals surface area (Å²) in [6.45, 7) is 2.57. The first-order chi connectivity index (χ1) is 15.0. The summed E-state index contributed by atoms with van der Waals surface area (Å²) in [4.78, 5) is 13.4. The standard InChI is InChI=1S/C23H24N2O4S2/c1-4-29-22(26)17-13-20(16-8-6-5-7-9-16)31-21(17)25-23(30)24-14-15-10-11-18(27-2)19(12-15)28-3/h5-13H,4,14H2,1-3H3,(H2,24,25,30). The number of hydrogen-bond donors (Lipinski definition) is 2. The average Bonchev–Trinajstić information content (AvgIpc) is 3.22. The topological polar surface area (TPSA) is 68.8 Å². The van der Waals surface area contributed by atoms with Gasteiger partial charge in [-0.05, 0) is 48.5 Å². The second-order valence-corrected chi connectivity index (χ2v) is 7.90. The smallest absolute Gasteiger partial charge is 0.341 e. The third kappa shape index (κ3) is 5.74. The van der Waals surface area contributed by atoms with E-state index in [4.69, 9.17) is 26.4 Å². The summed E-state index contributed by atoms with van der Waals surface area (Å²) in [7, 11) is 3.19. The molecule has 0 aliphatic rings. The number of anilines is 1. The van der Waals surface area contributed by atoms with Gasteiger partial charge in [-0.15, -0.1) is 11.3 Å². The summed E-state index contributed by atoms with van der Waals surface area (Å²) < 4.78 is 15.8. The molecule has 1 aromatic heterocycles. The van der Waals surface area contributed by atoms with Crippen molar-refractivity contribution in [3.63, 3.8) is 0 Å². The van der Waals surface area contributed by atoms with E-state index in [-0.39, 0.29) is 5.97 Å². The van der Waals surface area contributed by atoms with E-state index >= 15 is 0 Å². The van der Waals surface area contributed by atoms with Crippen molar-refractivity contribution < 1.29 is 19.0 Å². The molecule has 0 aliphatic carbocycles. The molecule has 0 aliphatic heterocycles. The molecule has 0 saturated heterocycles. The molecule has 3 aromatic rings. The lowest BCUT2D eigenvalue weighted by Gasteiger charge is -2.12. The molecule has 0 saturated carbocycles. The lowest BCUT2D eigenvalue weighted by atomic mass is 10.1. The van der Waals surface area contributed by atoms with Crippen molar-refractivity contribution in [1.82, 2.24) is 5.32 Å². The SMILES string of the molecule is CCOC(=O)c1cc(-c2ccccc2)sc1NC(=S)NCc1ccc(OC)c(OC)c1. The Morgan fingerprint density at radius 1 is 1.03 bits per heavy atom. The number of thiocarbonyl (C=S) groups is 1. The van der Waals surface area contributed by atoms with Crippen molar-refractivity contribution in [3.05, 3.63) is 65.7 Å². The Balaban J connectivity index is 1.74. The average molecular weight is 457 g/mol. The van der Waals surface area contributed by atoms with E-state index in [2.05, 4.69) is 10.6 Å². The molecule has 0 atom stereocenters. The van der Waals surface area contributed by atoms with Gasteiger partial charge in [0.05, 0.1) is 26.4 Å². The molecule has 1 heterocycles. The van der Waals surface area contributed by atoms with Gasteiger partial charge in [-0.25, -0.2) is 4.79 Å². The predicted molar refractivity (Wildman–Crippen MR) is 128 cm³/mol. The van der Waals surface area contributed by atoms with Gasteiger partial charge in [-0.2, -0.15) is 0 Å². The van der Waals surface area contributed by atoms with Gasteiger partial charge < -0.3 is 24.8 Å². The second-order valence-electron chi connectivity index (χ2n) is 6.44. The molecule has 0 spiro atoms. The van der Waals surface area contributed by atoms with Gasteiger partial charge in [0.1, 0.15) is 5.00 Å². The van der Waals surface area contributed by atoms with Crippen molar-refractivity contribution in [2.75, 3.05) is 26.1 Å². The molecule has 0 radical (unpaired) electrons. The Labute approximate surface area is 191 Å². The van der Waals surface area contributed by atoms with E-state index in [1.165, 1.54) is 11.3 Å². The fraction of sp³-hybridized carbons (Fsp3) is 0.217. The first kappa shape index (κ1) is 22.6. The maximum atomic E-state index is 12.5. The zero-order valence-corrected chi connectivity index (χ0v) is 19.2. The van der Waals surface area contributed by atoms with Crippen LogP contribution in [0.2, 0.25) is 0 Å². The third-order valence-corrected chi connectivity index (χ3v) is 5.76. The van der Waals surface area contributed by atoms with Gasteiger partial charge in [-0.1, -0.05) is 36.4 Å². The number of methoxy groups -OCH3 is 2. The van der Waals surface area contributed by atoms with Crippen molar-refractivity contribution in [2.24, 2.45) is 0 Å². The minimum absolute atomic E-state index is 0.302. The number of hydrogen-bond acceptors (Lipinski definition) is 6. The van der Waals surface area contributed by atoms with Crippen LogP contribution in [0.5, 0.6) is 11.5 Å². The number of nitrogens with one attached hydrogen (secondary N) is 2. The summed E-state index contributed by atoms with van der Waals surface area (Å²) >= 11 is 6.91. The lowest BCUT2D eigenvalue weighted by Crippen LogP contribution is -2.28. The Morgan fingerprint density at radius 2 is 1.77 bits per heavy atom.